The third kappa shape index (κ3) is 2.18. The quantitative estimate of drug-likeness (QED) is 0.830. The zero-order valence-corrected chi connectivity index (χ0v) is 11.1. The Balaban J connectivity index is 1.82. The van der Waals surface area contributed by atoms with E-state index in [0.29, 0.717) is 0 Å². The Kier molecular flexibility index (Phi) is 3.15. The van der Waals surface area contributed by atoms with E-state index in [2.05, 4.69) is 41.3 Å². The minimum absolute atomic E-state index is 0.924. The van der Waals surface area contributed by atoms with Crippen LogP contribution in [0.25, 0.3) is 0 Å². The molecule has 3 rings (SSSR count). The molecule has 0 fully saturated rings. The Morgan fingerprint density at radius 2 is 2.06 bits per heavy atom. The van der Waals surface area contributed by atoms with E-state index in [1.165, 1.54) is 16.1 Å². The van der Waals surface area contributed by atoms with Gasteiger partial charge in [-0.25, -0.2) is 0 Å². The van der Waals surface area contributed by atoms with Gasteiger partial charge in [-0.15, -0.1) is 11.8 Å². The molecule has 3 heteroatoms. The first-order valence-electron chi connectivity index (χ1n) is 5.96. The summed E-state index contributed by atoms with van der Waals surface area (Å²) in [5, 5.41) is 0. The van der Waals surface area contributed by atoms with E-state index in [1.807, 2.05) is 23.9 Å². The van der Waals surface area contributed by atoms with Gasteiger partial charge in [0.25, 0.3) is 0 Å². The van der Waals surface area contributed by atoms with Crippen molar-refractivity contribution in [3.8, 4) is 5.75 Å². The molecule has 1 aliphatic heterocycles. The summed E-state index contributed by atoms with van der Waals surface area (Å²) in [4.78, 5) is 3.77. The first kappa shape index (κ1) is 11.5. The van der Waals surface area contributed by atoms with Gasteiger partial charge in [-0.1, -0.05) is 24.3 Å². The highest BCUT2D eigenvalue weighted by atomic mass is 32.2. The number of para-hydroxylation sites is 1. The largest absolute Gasteiger partial charge is 0.497 e. The van der Waals surface area contributed by atoms with Crippen LogP contribution in [-0.2, 0) is 6.54 Å². The number of benzene rings is 2. The maximum atomic E-state index is 5.27. The number of fused-ring (bicyclic) bond motifs is 1. The molecular formula is C15H15NOS. The van der Waals surface area contributed by atoms with E-state index in [-0.39, 0.29) is 0 Å². The second-order valence-electron chi connectivity index (χ2n) is 4.29. The van der Waals surface area contributed by atoms with Crippen LogP contribution in [0.2, 0.25) is 0 Å². The number of ether oxygens (including phenoxy) is 1. The van der Waals surface area contributed by atoms with Gasteiger partial charge in [0.05, 0.1) is 18.7 Å². The highest BCUT2D eigenvalue weighted by Gasteiger charge is 2.18. The molecule has 0 bridgehead atoms. The monoisotopic (exact) mass is 257 g/mol. The summed E-state index contributed by atoms with van der Waals surface area (Å²) in [7, 11) is 1.71. The lowest BCUT2D eigenvalue weighted by molar-refractivity contribution is 0.414. The van der Waals surface area contributed by atoms with Crippen molar-refractivity contribution in [3.05, 3.63) is 54.1 Å². The molecule has 92 valence electrons. The average Bonchev–Trinajstić information content (AvgIpc) is 2.83. The van der Waals surface area contributed by atoms with Gasteiger partial charge in [-0.3, -0.25) is 0 Å². The fourth-order valence-electron chi connectivity index (χ4n) is 2.18. The molecule has 2 aromatic rings. The third-order valence-corrected chi connectivity index (χ3v) is 4.19. The highest BCUT2D eigenvalue weighted by molar-refractivity contribution is 7.99. The molecule has 0 N–H and O–H groups in total. The lowest BCUT2D eigenvalue weighted by Gasteiger charge is -2.18. The van der Waals surface area contributed by atoms with Gasteiger partial charge < -0.3 is 9.64 Å². The number of rotatable bonds is 3. The van der Waals surface area contributed by atoms with Gasteiger partial charge in [-0.05, 0) is 29.8 Å². The maximum Gasteiger partial charge on any atom is 0.119 e. The fraction of sp³-hybridized carbons (Fsp3) is 0.200. The molecule has 0 spiro atoms. The summed E-state index contributed by atoms with van der Waals surface area (Å²) in [5.74, 6) is 1.95. The van der Waals surface area contributed by atoms with Crippen molar-refractivity contribution in [2.75, 3.05) is 17.9 Å². The molecule has 2 aromatic carbocycles. The van der Waals surface area contributed by atoms with E-state index in [1.54, 1.807) is 7.11 Å². The van der Waals surface area contributed by atoms with Gasteiger partial charge in [-0.2, -0.15) is 0 Å². The second kappa shape index (κ2) is 4.94. The van der Waals surface area contributed by atoms with Crippen molar-refractivity contribution >= 4 is 17.4 Å². The summed E-state index contributed by atoms with van der Waals surface area (Å²) >= 11 is 1.90. The molecule has 18 heavy (non-hydrogen) atoms. The molecule has 0 radical (unpaired) electrons. The van der Waals surface area contributed by atoms with E-state index < -0.39 is 0 Å². The van der Waals surface area contributed by atoms with Crippen LogP contribution < -0.4 is 9.64 Å². The van der Waals surface area contributed by atoms with Crippen molar-refractivity contribution in [1.82, 2.24) is 0 Å². The first-order valence-corrected chi connectivity index (χ1v) is 6.95. The summed E-state index contributed by atoms with van der Waals surface area (Å²) < 4.78 is 5.27. The highest BCUT2D eigenvalue weighted by Crippen LogP contribution is 2.38. The minimum Gasteiger partial charge on any atom is -0.497 e. The van der Waals surface area contributed by atoms with Crippen molar-refractivity contribution in [2.45, 2.75) is 11.4 Å². The van der Waals surface area contributed by atoms with Gasteiger partial charge in [0.2, 0.25) is 0 Å². The number of hydrogen-bond acceptors (Lipinski definition) is 3. The number of methoxy groups -OCH3 is 1. The predicted octanol–water partition coefficient (Wildman–Crippen LogP) is 3.77. The topological polar surface area (TPSA) is 12.5 Å². The molecule has 0 unspecified atom stereocenters. The van der Waals surface area contributed by atoms with Crippen LogP contribution >= 0.6 is 11.8 Å². The van der Waals surface area contributed by atoms with Crippen molar-refractivity contribution in [2.24, 2.45) is 0 Å². The molecule has 0 atom stereocenters. The maximum absolute atomic E-state index is 5.27. The van der Waals surface area contributed by atoms with E-state index in [0.717, 1.165) is 18.2 Å². The Bertz CT molecular complexity index is 556. The van der Waals surface area contributed by atoms with E-state index in [4.69, 9.17) is 4.74 Å². The molecule has 0 saturated heterocycles. The van der Waals surface area contributed by atoms with Crippen LogP contribution in [0.1, 0.15) is 5.56 Å². The zero-order valence-electron chi connectivity index (χ0n) is 10.3. The van der Waals surface area contributed by atoms with E-state index in [9.17, 15) is 0 Å². The normalized spacial score (nSPS) is 13.5. The van der Waals surface area contributed by atoms with Gasteiger partial charge in [0, 0.05) is 11.4 Å². The van der Waals surface area contributed by atoms with Gasteiger partial charge in [0.1, 0.15) is 5.75 Å². The summed E-state index contributed by atoms with van der Waals surface area (Å²) in [5.41, 5.74) is 2.62. The lowest BCUT2D eigenvalue weighted by atomic mass is 10.2. The molecule has 2 nitrogen and oxygen atoms in total. The number of hydrogen-bond donors (Lipinski definition) is 0. The van der Waals surface area contributed by atoms with Crippen LogP contribution in [0.15, 0.2) is 53.4 Å². The Hall–Kier alpha value is -1.61. The predicted molar refractivity (Wildman–Crippen MR) is 76.3 cm³/mol. The molecule has 0 saturated carbocycles. The SMILES string of the molecule is COc1cccc(CN2CSc3ccccc32)c1. The standard InChI is InChI=1S/C15H15NOS/c1-17-13-6-4-5-12(9-13)10-16-11-18-15-8-3-2-7-14(15)16/h2-9H,10-11H2,1H3. The molecule has 1 aliphatic rings. The van der Waals surface area contributed by atoms with Crippen LogP contribution in [0.3, 0.4) is 0 Å². The van der Waals surface area contributed by atoms with Crippen LogP contribution in [0, 0.1) is 0 Å². The first-order chi connectivity index (χ1) is 8.86. The molecule has 1 heterocycles. The average molecular weight is 257 g/mol. The van der Waals surface area contributed by atoms with Crippen LogP contribution in [-0.4, -0.2) is 13.0 Å². The smallest absolute Gasteiger partial charge is 0.119 e. The van der Waals surface area contributed by atoms with Gasteiger partial charge in [0.15, 0.2) is 0 Å². The molecule has 0 aromatic heterocycles. The van der Waals surface area contributed by atoms with Gasteiger partial charge >= 0.3 is 0 Å². The minimum atomic E-state index is 0.924. The Morgan fingerprint density at radius 1 is 1.17 bits per heavy atom. The lowest BCUT2D eigenvalue weighted by Crippen LogP contribution is -2.18. The summed E-state index contributed by atoms with van der Waals surface area (Å²) in [6.45, 7) is 0.932. The number of anilines is 1. The third-order valence-electron chi connectivity index (χ3n) is 3.09. The summed E-state index contributed by atoms with van der Waals surface area (Å²) in [6, 6.07) is 16.9. The van der Waals surface area contributed by atoms with Crippen molar-refractivity contribution in [1.29, 1.82) is 0 Å². The molecule has 0 amide bonds. The van der Waals surface area contributed by atoms with Crippen LogP contribution in [0.4, 0.5) is 5.69 Å². The number of nitrogens with zero attached hydrogens (tertiary/aromatic N) is 1. The number of thioether (sulfide) groups is 1. The second-order valence-corrected chi connectivity index (χ2v) is 5.28. The van der Waals surface area contributed by atoms with Crippen molar-refractivity contribution < 1.29 is 4.74 Å². The summed E-state index contributed by atoms with van der Waals surface area (Å²) in [6.07, 6.45) is 0. The molecule has 0 aliphatic carbocycles. The van der Waals surface area contributed by atoms with Crippen LogP contribution in [0.5, 0.6) is 5.75 Å². The Labute approximate surface area is 112 Å². The van der Waals surface area contributed by atoms with E-state index >= 15 is 0 Å². The zero-order chi connectivity index (χ0) is 12.4. The fourth-order valence-corrected chi connectivity index (χ4v) is 3.22. The Morgan fingerprint density at radius 3 is 2.94 bits per heavy atom. The van der Waals surface area contributed by atoms with Crippen molar-refractivity contribution in [3.63, 3.8) is 0 Å². The molecular weight excluding hydrogens is 242 g/mol.